The van der Waals surface area contributed by atoms with Gasteiger partial charge in [0.15, 0.2) is 11.4 Å². The van der Waals surface area contributed by atoms with Gasteiger partial charge in [0.2, 0.25) is 5.91 Å². The van der Waals surface area contributed by atoms with Gasteiger partial charge < -0.3 is 10.1 Å². The zero-order valence-corrected chi connectivity index (χ0v) is 11.7. The smallest absolute Gasteiger partial charge is 0.221 e. The number of nitrogens with one attached hydrogen (secondary N) is 2. The van der Waals surface area contributed by atoms with Crippen molar-refractivity contribution in [2.24, 2.45) is 4.99 Å². The molecule has 0 saturated heterocycles. The van der Waals surface area contributed by atoms with Gasteiger partial charge in [-0.2, -0.15) is 5.26 Å². The summed E-state index contributed by atoms with van der Waals surface area (Å²) < 4.78 is 5.19. The maximum Gasteiger partial charge on any atom is 0.221 e. The van der Waals surface area contributed by atoms with Crippen LogP contribution in [0.4, 0.5) is 11.4 Å². The van der Waals surface area contributed by atoms with Gasteiger partial charge in [-0.25, -0.2) is 4.99 Å². The monoisotopic (exact) mass is 278 g/mol. The number of methoxy groups -OCH3 is 1. The van der Waals surface area contributed by atoms with Crippen molar-refractivity contribution in [2.45, 2.75) is 6.92 Å². The van der Waals surface area contributed by atoms with E-state index in [1.54, 1.807) is 24.5 Å². The van der Waals surface area contributed by atoms with Gasteiger partial charge in [0.05, 0.1) is 7.11 Å². The largest absolute Gasteiger partial charge is 0.494 e. The number of thioether (sulfide) groups is 1. The molecule has 0 aliphatic heterocycles. The molecule has 0 aromatic heterocycles. The summed E-state index contributed by atoms with van der Waals surface area (Å²) in [6.45, 7) is 1.43. The second-order valence-corrected chi connectivity index (χ2v) is 4.22. The molecule has 1 aromatic carbocycles. The van der Waals surface area contributed by atoms with Crippen molar-refractivity contribution < 1.29 is 9.53 Å². The van der Waals surface area contributed by atoms with E-state index in [0.29, 0.717) is 22.3 Å². The second-order valence-electron chi connectivity index (χ2n) is 3.43. The number of benzene rings is 1. The van der Waals surface area contributed by atoms with Gasteiger partial charge in [-0.05, 0) is 24.5 Å². The molecule has 0 aliphatic carbocycles. The standard InChI is InChI=1S/C12H14N4O2S/c1-8(17)15-9-4-5-11(18-2)10(6-9)16-12(19-3)14-7-13/h4-6H,1-3H3,(H,14,16)(H,15,17). The topological polar surface area (TPSA) is 86.5 Å². The number of amides is 1. The zero-order chi connectivity index (χ0) is 14.3. The normalized spacial score (nSPS) is 10.5. The average molecular weight is 278 g/mol. The van der Waals surface area contributed by atoms with Crippen molar-refractivity contribution in [3.8, 4) is 11.9 Å². The Balaban J connectivity index is 3.15. The molecule has 0 aliphatic rings. The van der Waals surface area contributed by atoms with Gasteiger partial charge in [-0.3, -0.25) is 10.1 Å². The zero-order valence-electron chi connectivity index (χ0n) is 10.9. The van der Waals surface area contributed by atoms with Crippen LogP contribution >= 0.6 is 11.8 Å². The Labute approximate surface area is 115 Å². The van der Waals surface area contributed by atoms with Gasteiger partial charge in [0, 0.05) is 12.6 Å². The number of hydrogen-bond acceptors (Lipinski definition) is 5. The van der Waals surface area contributed by atoms with Crippen molar-refractivity contribution in [1.82, 2.24) is 5.32 Å². The van der Waals surface area contributed by atoms with E-state index in [4.69, 9.17) is 10.00 Å². The van der Waals surface area contributed by atoms with Gasteiger partial charge in [0.25, 0.3) is 0 Å². The van der Waals surface area contributed by atoms with Gasteiger partial charge >= 0.3 is 0 Å². The molecule has 19 heavy (non-hydrogen) atoms. The summed E-state index contributed by atoms with van der Waals surface area (Å²) in [4.78, 5) is 15.3. The van der Waals surface area contributed by atoms with Crippen molar-refractivity contribution >= 4 is 34.2 Å². The third kappa shape index (κ3) is 4.52. The highest BCUT2D eigenvalue weighted by molar-refractivity contribution is 8.13. The van der Waals surface area contributed by atoms with E-state index >= 15 is 0 Å². The second kappa shape index (κ2) is 7.28. The van der Waals surface area contributed by atoms with E-state index in [9.17, 15) is 4.79 Å². The molecular weight excluding hydrogens is 264 g/mol. The number of rotatable bonds is 3. The first-order chi connectivity index (χ1) is 9.10. The van der Waals surface area contributed by atoms with E-state index in [1.807, 2.05) is 6.19 Å². The highest BCUT2D eigenvalue weighted by Crippen LogP contribution is 2.31. The Bertz CT molecular complexity index is 537. The fourth-order valence-electron chi connectivity index (χ4n) is 1.34. The van der Waals surface area contributed by atoms with Crippen LogP contribution in [-0.4, -0.2) is 24.4 Å². The highest BCUT2D eigenvalue weighted by atomic mass is 32.2. The molecule has 0 spiro atoms. The number of nitriles is 1. The number of aliphatic imine (C=N–C) groups is 1. The number of amidine groups is 1. The third-order valence-corrected chi connectivity index (χ3v) is 2.66. The van der Waals surface area contributed by atoms with E-state index in [0.717, 1.165) is 0 Å². The Morgan fingerprint density at radius 1 is 1.53 bits per heavy atom. The van der Waals surface area contributed by atoms with E-state index < -0.39 is 0 Å². The SMILES string of the molecule is COc1ccc(NC(C)=O)cc1N=C(NC#N)SC. The van der Waals surface area contributed by atoms with Crippen molar-refractivity contribution in [3.63, 3.8) is 0 Å². The maximum absolute atomic E-state index is 11.0. The number of carbonyl (C=O) groups is 1. The summed E-state index contributed by atoms with van der Waals surface area (Å²) in [6.07, 6.45) is 3.61. The summed E-state index contributed by atoms with van der Waals surface area (Å²) in [7, 11) is 1.53. The Hall–Kier alpha value is -2.20. The molecule has 100 valence electrons. The summed E-state index contributed by atoms with van der Waals surface area (Å²) in [5.74, 6) is 0.390. The molecular formula is C12H14N4O2S. The minimum Gasteiger partial charge on any atom is -0.494 e. The lowest BCUT2D eigenvalue weighted by atomic mass is 10.2. The molecule has 2 N–H and O–H groups in total. The molecule has 0 atom stereocenters. The van der Waals surface area contributed by atoms with Crippen LogP contribution in [0, 0.1) is 11.5 Å². The van der Waals surface area contributed by atoms with E-state index in [-0.39, 0.29) is 5.91 Å². The number of ether oxygens (including phenoxy) is 1. The average Bonchev–Trinajstić information content (AvgIpc) is 2.38. The van der Waals surface area contributed by atoms with Crippen LogP contribution in [-0.2, 0) is 4.79 Å². The van der Waals surface area contributed by atoms with Crippen molar-refractivity contribution in [2.75, 3.05) is 18.7 Å². The molecule has 0 radical (unpaired) electrons. The molecule has 7 heteroatoms. The quantitative estimate of drug-likeness (QED) is 0.382. The summed E-state index contributed by atoms with van der Waals surface area (Å²) in [5, 5.41) is 14.2. The van der Waals surface area contributed by atoms with Gasteiger partial charge in [0.1, 0.15) is 11.4 Å². The molecule has 0 heterocycles. The first-order valence-corrected chi connectivity index (χ1v) is 6.56. The van der Waals surface area contributed by atoms with Crippen molar-refractivity contribution in [3.05, 3.63) is 18.2 Å². The molecule has 1 amide bonds. The van der Waals surface area contributed by atoms with Crippen LogP contribution < -0.4 is 15.4 Å². The Kier molecular flexibility index (Phi) is 5.70. The summed E-state index contributed by atoms with van der Waals surface area (Å²) >= 11 is 1.30. The van der Waals surface area contributed by atoms with Gasteiger partial charge in [-0.15, -0.1) is 0 Å². The van der Waals surface area contributed by atoms with Crippen molar-refractivity contribution in [1.29, 1.82) is 5.26 Å². The van der Waals surface area contributed by atoms with E-state index in [2.05, 4.69) is 15.6 Å². The van der Waals surface area contributed by atoms with E-state index in [1.165, 1.54) is 25.8 Å². The Morgan fingerprint density at radius 3 is 2.79 bits per heavy atom. The molecule has 0 saturated carbocycles. The van der Waals surface area contributed by atoms with Crippen LogP contribution in [0.2, 0.25) is 0 Å². The van der Waals surface area contributed by atoms with Crippen LogP contribution in [0.15, 0.2) is 23.2 Å². The fourth-order valence-corrected chi connectivity index (χ4v) is 1.68. The number of carbonyl (C=O) groups excluding carboxylic acids is 1. The number of anilines is 1. The highest BCUT2D eigenvalue weighted by Gasteiger charge is 2.06. The van der Waals surface area contributed by atoms with Crippen LogP contribution in [0.3, 0.4) is 0 Å². The predicted molar refractivity (Wildman–Crippen MR) is 76.7 cm³/mol. The summed E-state index contributed by atoms with van der Waals surface area (Å²) in [6, 6.07) is 5.10. The maximum atomic E-state index is 11.0. The molecule has 1 aromatic rings. The minimum absolute atomic E-state index is 0.166. The summed E-state index contributed by atoms with van der Waals surface area (Å²) in [5.41, 5.74) is 1.14. The molecule has 0 bridgehead atoms. The lowest BCUT2D eigenvalue weighted by Gasteiger charge is -2.08. The third-order valence-electron chi connectivity index (χ3n) is 2.08. The molecule has 0 fully saturated rings. The minimum atomic E-state index is -0.166. The molecule has 6 nitrogen and oxygen atoms in total. The molecule has 1 rings (SSSR count). The van der Waals surface area contributed by atoms with Crippen LogP contribution in [0.5, 0.6) is 5.75 Å². The lowest BCUT2D eigenvalue weighted by molar-refractivity contribution is -0.114. The lowest BCUT2D eigenvalue weighted by Crippen LogP contribution is -2.12. The van der Waals surface area contributed by atoms with Gasteiger partial charge in [-0.1, -0.05) is 11.8 Å². The number of hydrogen-bond donors (Lipinski definition) is 2. The van der Waals surface area contributed by atoms with Crippen LogP contribution in [0.1, 0.15) is 6.92 Å². The predicted octanol–water partition coefficient (Wildman–Crippen LogP) is 2.07. The molecule has 0 unspecified atom stereocenters. The number of nitrogens with zero attached hydrogens (tertiary/aromatic N) is 2. The fraction of sp³-hybridized carbons (Fsp3) is 0.250. The Morgan fingerprint density at radius 2 is 2.26 bits per heavy atom. The first-order valence-electron chi connectivity index (χ1n) is 5.34. The van der Waals surface area contributed by atoms with Crippen LogP contribution in [0.25, 0.3) is 0 Å². The first kappa shape index (κ1) is 14.9.